The van der Waals surface area contributed by atoms with Crippen molar-refractivity contribution in [2.45, 2.75) is 38.2 Å². The van der Waals surface area contributed by atoms with E-state index in [1.165, 1.54) is 38.2 Å². The van der Waals surface area contributed by atoms with Gasteiger partial charge in [-0.15, -0.1) is 0 Å². The first-order valence-corrected chi connectivity index (χ1v) is 6.72. The quantitative estimate of drug-likeness (QED) is 0.737. The summed E-state index contributed by atoms with van der Waals surface area (Å²) in [6.07, 6.45) is 8.46. The first-order chi connectivity index (χ1) is 8.13. The van der Waals surface area contributed by atoms with Crippen LogP contribution in [0.5, 0.6) is 0 Å². The van der Waals surface area contributed by atoms with Gasteiger partial charge in [0.1, 0.15) is 0 Å². The van der Waals surface area contributed by atoms with Crippen LogP contribution in [-0.2, 0) is 4.79 Å². The minimum atomic E-state index is -0.965. The van der Waals surface area contributed by atoms with E-state index in [4.69, 9.17) is 5.11 Å². The van der Waals surface area contributed by atoms with Crippen molar-refractivity contribution in [3.05, 3.63) is 12.2 Å². The molecular formula is C14H20O3. The molecule has 0 amide bonds. The van der Waals surface area contributed by atoms with E-state index in [0.717, 1.165) is 17.9 Å². The van der Waals surface area contributed by atoms with Crippen molar-refractivity contribution in [1.29, 1.82) is 0 Å². The molecule has 4 bridgehead atoms. The molecule has 0 heterocycles. The average molecular weight is 236 g/mol. The largest absolute Gasteiger partial charge is 0.478 e. The first-order valence-electron chi connectivity index (χ1n) is 6.72. The lowest BCUT2D eigenvalue weighted by molar-refractivity contribution is -0.131. The number of aliphatic hydroxyl groups is 1. The van der Waals surface area contributed by atoms with E-state index >= 15 is 0 Å². The molecule has 4 rings (SSSR count). The molecule has 4 aliphatic rings. The highest BCUT2D eigenvalue weighted by Gasteiger charge is 2.49. The molecule has 0 saturated heterocycles. The van der Waals surface area contributed by atoms with Crippen molar-refractivity contribution in [2.24, 2.45) is 29.6 Å². The molecule has 94 valence electrons. The van der Waals surface area contributed by atoms with Gasteiger partial charge in [0.05, 0.1) is 6.10 Å². The molecule has 17 heavy (non-hydrogen) atoms. The van der Waals surface area contributed by atoms with E-state index in [-0.39, 0.29) is 0 Å². The zero-order chi connectivity index (χ0) is 12.0. The number of aliphatic hydroxyl groups excluding tert-OH is 1. The fourth-order valence-electron chi connectivity index (χ4n) is 4.83. The third-order valence-electron chi connectivity index (χ3n) is 5.13. The Labute approximate surface area is 102 Å². The predicted molar refractivity (Wildman–Crippen MR) is 63.3 cm³/mol. The molecule has 4 saturated carbocycles. The van der Waals surface area contributed by atoms with Crippen LogP contribution in [0.4, 0.5) is 0 Å². The van der Waals surface area contributed by atoms with Gasteiger partial charge in [-0.05, 0) is 67.8 Å². The van der Waals surface area contributed by atoms with Gasteiger partial charge in [0.15, 0.2) is 0 Å². The van der Waals surface area contributed by atoms with Crippen LogP contribution in [0.15, 0.2) is 12.2 Å². The van der Waals surface area contributed by atoms with Gasteiger partial charge in [0, 0.05) is 6.08 Å². The molecule has 1 atom stereocenters. The Morgan fingerprint density at radius 1 is 1.06 bits per heavy atom. The number of carbonyl (C=O) groups is 1. The lowest BCUT2D eigenvalue weighted by Crippen LogP contribution is -2.48. The lowest BCUT2D eigenvalue weighted by Gasteiger charge is -2.55. The summed E-state index contributed by atoms with van der Waals surface area (Å²) >= 11 is 0. The molecule has 3 nitrogen and oxygen atoms in total. The molecular weight excluding hydrogens is 216 g/mol. The van der Waals surface area contributed by atoms with E-state index < -0.39 is 12.1 Å². The zero-order valence-electron chi connectivity index (χ0n) is 9.96. The number of carboxylic acids is 1. The van der Waals surface area contributed by atoms with E-state index in [2.05, 4.69) is 0 Å². The molecule has 0 radical (unpaired) electrons. The first kappa shape index (κ1) is 11.3. The van der Waals surface area contributed by atoms with E-state index in [1.54, 1.807) is 0 Å². The molecule has 3 heteroatoms. The summed E-state index contributed by atoms with van der Waals surface area (Å²) in [6, 6.07) is 0. The molecule has 4 aliphatic carbocycles. The number of hydrogen-bond acceptors (Lipinski definition) is 2. The molecule has 0 aromatic rings. The molecule has 4 fully saturated rings. The SMILES string of the molecule is O=C(O)/C=C/C(O)C1C2CC3CC(C2)CC1C3. The van der Waals surface area contributed by atoms with Crippen LogP contribution in [0, 0.1) is 29.6 Å². The summed E-state index contributed by atoms with van der Waals surface area (Å²) in [6.45, 7) is 0. The molecule has 0 aromatic heterocycles. The predicted octanol–water partition coefficient (Wildman–Crippen LogP) is 2.06. The molecule has 0 spiro atoms. The lowest BCUT2D eigenvalue weighted by atomic mass is 9.51. The van der Waals surface area contributed by atoms with E-state index in [9.17, 15) is 9.90 Å². The van der Waals surface area contributed by atoms with Gasteiger partial charge in [0.2, 0.25) is 0 Å². The Bertz CT molecular complexity index is 319. The van der Waals surface area contributed by atoms with E-state index in [1.807, 2.05) is 0 Å². The van der Waals surface area contributed by atoms with Crippen molar-refractivity contribution in [1.82, 2.24) is 0 Å². The van der Waals surface area contributed by atoms with Crippen molar-refractivity contribution in [3.63, 3.8) is 0 Å². The van der Waals surface area contributed by atoms with Gasteiger partial charge >= 0.3 is 5.97 Å². The van der Waals surface area contributed by atoms with Gasteiger partial charge in [-0.25, -0.2) is 4.79 Å². The maximum atomic E-state index is 10.5. The van der Waals surface area contributed by atoms with Crippen LogP contribution in [0.2, 0.25) is 0 Å². The van der Waals surface area contributed by atoms with Crippen LogP contribution < -0.4 is 0 Å². The van der Waals surface area contributed by atoms with Gasteiger partial charge < -0.3 is 10.2 Å². The summed E-state index contributed by atoms with van der Waals surface area (Å²) < 4.78 is 0. The van der Waals surface area contributed by atoms with Gasteiger partial charge in [-0.2, -0.15) is 0 Å². The van der Waals surface area contributed by atoms with Crippen LogP contribution in [0.3, 0.4) is 0 Å². The second-order valence-corrected chi connectivity index (χ2v) is 6.20. The summed E-state index contributed by atoms with van der Waals surface area (Å²) in [7, 11) is 0. The maximum absolute atomic E-state index is 10.5. The van der Waals surface area contributed by atoms with Crippen LogP contribution in [-0.4, -0.2) is 22.3 Å². The third-order valence-corrected chi connectivity index (χ3v) is 5.13. The van der Waals surface area contributed by atoms with E-state index in [0.29, 0.717) is 17.8 Å². The second-order valence-electron chi connectivity index (χ2n) is 6.20. The van der Waals surface area contributed by atoms with Crippen molar-refractivity contribution in [2.75, 3.05) is 0 Å². The van der Waals surface area contributed by atoms with Gasteiger partial charge in [-0.3, -0.25) is 0 Å². The average Bonchev–Trinajstić information content (AvgIpc) is 2.24. The Hall–Kier alpha value is -0.830. The Morgan fingerprint density at radius 3 is 2.06 bits per heavy atom. The molecule has 0 aromatic carbocycles. The number of carboxylic acid groups (broad SMARTS) is 1. The summed E-state index contributed by atoms with van der Waals surface area (Å²) in [5, 5.41) is 18.8. The Kier molecular flexibility index (Phi) is 2.74. The minimum Gasteiger partial charge on any atom is -0.478 e. The second kappa shape index (κ2) is 4.13. The summed E-state index contributed by atoms with van der Waals surface area (Å²) in [5.74, 6) is 2.42. The highest BCUT2D eigenvalue weighted by molar-refractivity contribution is 5.79. The highest BCUT2D eigenvalue weighted by atomic mass is 16.4. The standard InChI is InChI=1S/C14H20O3/c15-12(1-2-13(16)17)14-10-4-8-3-9(6-10)7-11(14)5-8/h1-2,8-12,14-15H,3-7H2,(H,16,17)/b2-1+. The van der Waals surface area contributed by atoms with Crippen LogP contribution in [0.1, 0.15) is 32.1 Å². The summed E-state index contributed by atoms with van der Waals surface area (Å²) in [4.78, 5) is 10.5. The minimum absolute atomic E-state index is 0.318. The van der Waals surface area contributed by atoms with Crippen LogP contribution >= 0.6 is 0 Å². The fourth-order valence-corrected chi connectivity index (χ4v) is 4.83. The molecule has 1 unspecified atom stereocenters. The van der Waals surface area contributed by atoms with Gasteiger partial charge in [0.25, 0.3) is 0 Å². The number of aliphatic carboxylic acids is 1. The Morgan fingerprint density at radius 2 is 1.59 bits per heavy atom. The van der Waals surface area contributed by atoms with Gasteiger partial charge in [-0.1, -0.05) is 0 Å². The van der Waals surface area contributed by atoms with Crippen molar-refractivity contribution >= 4 is 5.97 Å². The van der Waals surface area contributed by atoms with Crippen molar-refractivity contribution < 1.29 is 15.0 Å². The fraction of sp³-hybridized carbons (Fsp3) is 0.786. The van der Waals surface area contributed by atoms with Crippen LogP contribution in [0.25, 0.3) is 0 Å². The molecule has 2 N–H and O–H groups in total. The molecule has 0 aliphatic heterocycles. The monoisotopic (exact) mass is 236 g/mol. The Balaban J connectivity index is 1.73. The normalized spacial score (nSPS) is 45.4. The highest BCUT2D eigenvalue weighted by Crippen LogP contribution is 2.57. The zero-order valence-corrected chi connectivity index (χ0v) is 9.96. The number of hydrogen-bond donors (Lipinski definition) is 2. The van der Waals surface area contributed by atoms with Crippen molar-refractivity contribution in [3.8, 4) is 0 Å². The third kappa shape index (κ3) is 2.01. The number of rotatable bonds is 3. The maximum Gasteiger partial charge on any atom is 0.328 e. The smallest absolute Gasteiger partial charge is 0.328 e. The topological polar surface area (TPSA) is 57.5 Å². The summed E-state index contributed by atoms with van der Waals surface area (Å²) in [5.41, 5.74) is 0.